The average molecular weight is 399 g/mol. The Morgan fingerprint density at radius 1 is 1.24 bits per heavy atom. The van der Waals surface area contributed by atoms with Gasteiger partial charge in [-0.3, -0.25) is 4.72 Å². The van der Waals surface area contributed by atoms with E-state index in [0.717, 1.165) is 18.3 Å². The van der Waals surface area contributed by atoms with Crippen LogP contribution in [0.3, 0.4) is 0 Å². The molecule has 0 bridgehead atoms. The molecular weight excluding hydrogens is 392 g/mol. The van der Waals surface area contributed by atoms with Crippen molar-refractivity contribution in [3.05, 3.63) is 45.5 Å². The molecular formula is C11H7BrClF2N3O2S. The predicted molar refractivity (Wildman–Crippen MR) is 78.5 cm³/mol. The molecule has 0 amide bonds. The number of rotatable bonds is 3. The molecule has 1 aromatic carbocycles. The Balaban J connectivity index is 2.42. The Hall–Kier alpha value is -1.45. The van der Waals surface area contributed by atoms with E-state index in [4.69, 9.17) is 17.3 Å². The summed E-state index contributed by atoms with van der Waals surface area (Å²) in [7, 11) is -4.18. The van der Waals surface area contributed by atoms with Crippen molar-refractivity contribution in [1.82, 2.24) is 4.98 Å². The number of nitrogens with one attached hydrogen (secondary N) is 1. The summed E-state index contributed by atoms with van der Waals surface area (Å²) in [5, 5.41) is -0.0691. The van der Waals surface area contributed by atoms with Gasteiger partial charge in [0.25, 0.3) is 10.0 Å². The zero-order valence-electron chi connectivity index (χ0n) is 10.1. The van der Waals surface area contributed by atoms with Gasteiger partial charge in [0.1, 0.15) is 22.3 Å². The maximum Gasteiger partial charge on any atom is 0.263 e. The largest absolute Gasteiger partial charge is 0.382 e. The molecule has 0 aliphatic rings. The van der Waals surface area contributed by atoms with Crippen LogP contribution < -0.4 is 10.5 Å². The van der Waals surface area contributed by atoms with Gasteiger partial charge in [-0.2, -0.15) is 0 Å². The SMILES string of the molecule is Nc1ncc(S(=O)(=O)Nc2cc(F)c(Br)cc2F)cc1Cl. The number of nitrogen functional groups attached to an aromatic ring is 1. The maximum atomic E-state index is 13.6. The number of aromatic nitrogens is 1. The first-order valence-corrected chi connectivity index (χ1v) is 7.94. The summed E-state index contributed by atoms with van der Waals surface area (Å²) < 4.78 is 52.9. The van der Waals surface area contributed by atoms with Crippen molar-refractivity contribution in [2.24, 2.45) is 0 Å². The lowest BCUT2D eigenvalue weighted by atomic mass is 10.3. The topological polar surface area (TPSA) is 85.1 Å². The molecule has 0 atom stereocenters. The molecule has 10 heteroatoms. The van der Waals surface area contributed by atoms with Crippen LogP contribution in [0.25, 0.3) is 0 Å². The highest BCUT2D eigenvalue weighted by Gasteiger charge is 2.19. The molecule has 21 heavy (non-hydrogen) atoms. The quantitative estimate of drug-likeness (QED) is 0.778. The molecule has 0 fully saturated rings. The third kappa shape index (κ3) is 3.42. The van der Waals surface area contributed by atoms with E-state index in [-0.39, 0.29) is 20.2 Å². The molecule has 0 unspecified atom stereocenters. The fourth-order valence-corrected chi connectivity index (χ4v) is 2.96. The second kappa shape index (κ2) is 5.74. The van der Waals surface area contributed by atoms with Crippen LogP contribution in [0.1, 0.15) is 0 Å². The van der Waals surface area contributed by atoms with Gasteiger partial charge in [0.15, 0.2) is 0 Å². The minimum absolute atomic E-state index is 0.0449. The lowest BCUT2D eigenvalue weighted by Gasteiger charge is -2.10. The minimum atomic E-state index is -4.18. The number of nitrogens with two attached hydrogens (primary N) is 1. The van der Waals surface area contributed by atoms with Crippen molar-refractivity contribution >= 4 is 49.1 Å². The molecule has 2 aromatic rings. The van der Waals surface area contributed by atoms with Crippen LogP contribution in [0, 0.1) is 11.6 Å². The Morgan fingerprint density at radius 2 is 1.90 bits per heavy atom. The molecule has 1 aromatic heterocycles. The number of anilines is 2. The summed E-state index contributed by atoms with van der Waals surface area (Å²) in [4.78, 5) is 3.26. The minimum Gasteiger partial charge on any atom is -0.382 e. The summed E-state index contributed by atoms with van der Waals surface area (Å²) in [6, 6.07) is 2.57. The molecule has 0 saturated carbocycles. The predicted octanol–water partition coefficient (Wildman–Crippen LogP) is 3.16. The van der Waals surface area contributed by atoms with Crippen molar-refractivity contribution < 1.29 is 17.2 Å². The van der Waals surface area contributed by atoms with Gasteiger partial charge in [-0.05, 0) is 28.1 Å². The highest BCUT2D eigenvalue weighted by Crippen LogP contribution is 2.26. The molecule has 0 saturated heterocycles. The van der Waals surface area contributed by atoms with E-state index in [1.165, 1.54) is 0 Å². The van der Waals surface area contributed by atoms with Crippen LogP contribution >= 0.6 is 27.5 Å². The third-order valence-corrected chi connectivity index (χ3v) is 4.65. The van der Waals surface area contributed by atoms with E-state index in [2.05, 4.69) is 20.9 Å². The summed E-state index contributed by atoms with van der Waals surface area (Å²) in [6.45, 7) is 0. The second-order valence-electron chi connectivity index (χ2n) is 3.89. The van der Waals surface area contributed by atoms with Gasteiger partial charge in [-0.15, -0.1) is 0 Å². The summed E-state index contributed by atoms with van der Waals surface area (Å²) in [6.07, 6.45) is 0.955. The molecule has 0 radical (unpaired) electrons. The van der Waals surface area contributed by atoms with Crippen molar-refractivity contribution in [3.8, 4) is 0 Å². The second-order valence-corrected chi connectivity index (χ2v) is 6.83. The lowest BCUT2D eigenvalue weighted by Crippen LogP contribution is -2.15. The normalized spacial score (nSPS) is 11.4. The Morgan fingerprint density at radius 3 is 2.52 bits per heavy atom. The molecule has 0 aliphatic heterocycles. The van der Waals surface area contributed by atoms with Crippen LogP contribution in [0.4, 0.5) is 20.3 Å². The van der Waals surface area contributed by atoms with Crippen molar-refractivity contribution in [1.29, 1.82) is 0 Å². The van der Waals surface area contributed by atoms with Crippen LogP contribution in [0.5, 0.6) is 0 Å². The van der Waals surface area contributed by atoms with E-state index < -0.39 is 27.3 Å². The first kappa shape index (κ1) is 15.9. The van der Waals surface area contributed by atoms with Gasteiger partial charge >= 0.3 is 0 Å². The van der Waals surface area contributed by atoms with Crippen LogP contribution in [0.2, 0.25) is 5.02 Å². The molecule has 5 nitrogen and oxygen atoms in total. The van der Waals surface area contributed by atoms with E-state index in [1.807, 2.05) is 4.72 Å². The van der Waals surface area contributed by atoms with Crippen molar-refractivity contribution in [2.45, 2.75) is 4.90 Å². The molecule has 2 rings (SSSR count). The van der Waals surface area contributed by atoms with Gasteiger partial charge < -0.3 is 5.73 Å². The van der Waals surface area contributed by atoms with Gasteiger partial charge in [-0.1, -0.05) is 11.6 Å². The number of nitrogens with zero attached hydrogens (tertiary/aromatic N) is 1. The number of benzene rings is 1. The average Bonchev–Trinajstić information content (AvgIpc) is 2.39. The fourth-order valence-electron chi connectivity index (χ4n) is 1.38. The Labute approximate surface area is 132 Å². The zero-order valence-corrected chi connectivity index (χ0v) is 13.2. The number of hydrogen-bond donors (Lipinski definition) is 2. The van der Waals surface area contributed by atoms with Crippen LogP contribution in [0.15, 0.2) is 33.8 Å². The third-order valence-electron chi connectivity index (χ3n) is 2.41. The van der Waals surface area contributed by atoms with E-state index in [0.29, 0.717) is 6.07 Å². The highest BCUT2D eigenvalue weighted by atomic mass is 79.9. The van der Waals surface area contributed by atoms with Crippen LogP contribution in [-0.4, -0.2) is 13.4 Å². The molecule has 0 spiro atoms. The monoisotopic (exact) mass is 397 g/mol. The number of hydrogen-bond acceptors (Lipinski definition) is 4. The van der Waals surface area contributed by atoms with Gasteiger partial charge in [-0.25, -0.2) is 22.2 Å². The Kier molecular flexibility index (Phi) is 4.35. The summed E-state index contributed by atoms with van der Waals surface area (Å²) in [5.41, 5.74) is 4.83. The molecule has 0 aliphatic carbocycles. The van der Waals surface area contributed by atoms with E-state index in [1.54, 1.807) is 0 Å². The summed E-state index contributed by atoms with van der Waals surface area (Å²) >= 11 is 8.47. The fraction of sp³-hybridized carbons (Fsp3) is 0. The van der Waals surface area contributed by atoms with Gasteiger partial charge in [0.05, 0.1) is 15.2 Å². The van der Waals surface area contributed by atoms with Gasteiger partial charge in [0, 0.05) is 12.3 Å². The maximum absolute atomic E-state index is 13.6. The van der Waals surface area contributed by atoms with Crippen molar-refractivity contribution in [2.75, 3.05) is 10.5 Å². The van der Waals surface area contributed by atoms with Gasteiger partial charge in [0.2, 0.25) is 0 Å². The van der Waals surface area contributed by atoms with E-state index in [9.17, 15) is 17.2 Å². The highest BCUT2D eigenvalue weighted by molar-refractivity contribution is 9.10. The molecule has 3 N–H and O–H groups in total. The standard InChI is InChI=1S/C11H7BrClF2N3O2S/c12-6-2-9(15)10(3-8(6)14)18-21(19,20)5-1-7(13)11(16)17-4-5/h1-4,18H,(H2,16,17). The molecule has 112 valence electrons. The molecule has 1 heterocycles. The first-order chi connectivity index (χ1) is 9.70. The number of pyridine rings is 1. The number of sulfonamides is 1. The smallest absolute Gasteiger partial charge is 0.263 e. The van der Waals surface area contributed by atoms with Crippen molar-refractivity contribution in [3.63, 3.8) is 0 Å². The van der Waals surface area contributed by atoms with Crippen LogP contribution in [-0.2, 0) is 10.0 Å². The number of halogens is 4. The zero-order chi connectivity index (χ0) is 15.8. The van der Waals surface area contributed by atoms with E-state index >= 15 is 0 Å². The summed E-state index contributed by atoms with van der Waals surface area (Å²) in [5.74, 6) is -1.81. The lowest BCUT2D eigenvalue weighted by molar-refractivity contribution is 0.591. The first-order valence-electron chi connectivity index (χ1n) is 5.29. The Bertz CT molecular complexity index is 817.